The summed E-state index contributed by atoms with van der Waals surface area (Å²) in [6.45, 7) is 0.232. The van der Waals surface area contributed by atoms with Gasteiger partial charge in [-0.05, 0) is 30.5 Å². The number of hydrogen-bond acceptors (Lipinski definition) is 4. The largest absolute Gasteiger partial charge is 0.573 e. The molecule has 1 aromatic carbocycles. The number of rotatable bonds is 5. The molecular formula is C15H17F3N2O5. The molecule has 138 valence electrons. The van der Waals surface area contributed by atoms with Crippen molar-refractivity contribution in [3.63, 3.8) is 0 Å². The second-order valence-corrected chi connectivity index (χ2v) is 5.46. The van der Waals surface area contributed by atoms with Crippen LogP contribution in [0.15, 0.2) is 24.3 Å². The van der Waals surface area contributed by atoms with Crippen LogP contribution in [0.4, 0.5) is 18.0 Å². The molecule has 0 aromatic heterocycles. The van der Waals surface area contributed by atoms with E-state index in [4.69, 9.17) is 9.84 Å². The molecule has 1 saturated heterocycles. The van der Waals surface area contributed by atoms with Gasteiger partial charge >= 0.3 is 12.5 Å². The van der Waals surface area contributed by atoms with Crippen LogP contribution in [0.1, 0.15) is 18.4 Å². The van der Waals surface area contributed by atoms with Crippen LogP contribution >= 0.6 is 0 Å². The predicted molar refractivity (Wildman–Crippen MR) is 78.9 cm³/mol. The maximum atomic E-state index is 12.1. The van der Waals surface area contributed by atoms with E-state index in [-0.39, 0.29) is 30.9 Å². The molecule has 7 nitrogen and oxygen atoms in total. The average molecular weight is 362 g/mol. The molecule has 0 unspecified atom stereocenters. The fourth-order valence-corrected chi connectivity index (χ4v) is 2.36. The topological polar surface area (TPSA) is 96.9 Å². The molecule has 1 aromatic rings. The number of alkyl halides is 3. The normalized spacial score (nSPS) is 20.6. The van der Waals surface area contributed by atoms with Crippen molar-refractivity contribution in [3.8, 4) is 5.75 Å². The predicted octanol–water partition coefficient (Wildman–Crippen LogP) is 2.02. The molecule has 1 fully saturated rings. The van der Waals surface area contributed by atoms with Crippen molar-refractivity contribution in [2.45, 2.75) is 37.9 Å². The van der Waals surface area contributed by atoms with Crippen molar-refractivity contribution in [1.82, 2.24) is 10.6 Å². The van der Waals surface area contributed by atoms with Crippen molar-refractivity contribution < 1.29 is 37.3 Å². The smallest absolute Gasteiger partial charge is 0.465 e. The summed E-state index contributed by atoms with van der Waals surface area (Å²) >= 11 is 0. The van der Waals surface area contributed by atoms with Crippen LogP contribution in [0.2, 0.25) is 0 Å². The molecule has 1 aliphatic heterocycles. The quantitative estimate of drug-likeness (QED) is 0.745. The third-order valence-electron chi connectivity index (χ3n) is 3.52. The SMILES string of the molecule is O=C(O)N[C@@H]1CC[C@@H](C(=O)NCc2ccc(OC(F)(F)F)cc2)OC1. The molecule has 25 heavy (non-hydrogen) atoms. The molecule has 10 heteroatoms. The number of carbonyl (C=O) groups is 2. The first kappa shape index (κ1) is 18.8. The average Bonchev–Trinajstić information content (AvgIpc) is 2.52. The number of carbonyl (C=O) groups excluding carboxylic acids is 1. The zero-order valence-electron chi connectivity index (χ0n) is 13.0. The van der Waals surface area contributed by atoms with Gasteiger partial charge in [0.15, 0.2) is 0 Å². The number of nitrogens with one attached hydrogen (secondary N) is 2. The van der Waals surface area contributed by atoms with E-state index in [9.17, 15) is 22.8 Å². The first-order chi connectivity index (χ1) is 11.7. The summed E-state index contributed by atoms with van der Waals surface area (Å²) in [5.74, 6) is -0.695. The molecule has 1 aliphatic rings. The number of benzene rings is 1. The number of amides is 2. The van der Waals surface area contributed by atoms with Gasteiger partial charge in [-0.1, -0.05) is 12.1 Å². The molecule has 2 atom stereocenters. The maximum Gasteiger partial charge on any atom is 0.573 e. The van der Waals surface area contributed by atoms with E-state index < -0.39 is 18.6 Å². The third-order valence-corrected chi connectivity index (χ3v) is 3.52. The Labute approximate surface area is 141 Å². The molecule has 0 bridgehead atoms. The second kappa shape index (κ2) is 8.06. The summed E-state index contributed by atoms with van der Waals surface area (Å²) in [7, 11) is 0. The summed E-state index contributed by atoms with van der Waals surface area (Å²) in [5.41, 5.74) is 0.601. The fraction of sp³-hybridized carbons (Fsp3) is 0.467. The Morgan fingerprint density at radius 3 is 2.44 bits per heavy atom. The summed E-state index contributed by atoms with van der Waals surface area (Å²) in [4.78, 5) is 22.5. The summed E-state index contributed by atoms with van der Waals surface area (Å²) in [6, 6.07) is 4.80. The molecule has 0 aliphatic carbocycles. The molecule has 0 spiro atoms. The zero-order valence-corrected chi connectivity index (χ0v) is 13.0. The molecule has 0 saturated carbocycles. The van der Waals surface area contributed by atoms with Gasteiger partial charge in [0.1, 0.15) is 11.9 Å². The number of hydrogen-bond donors (Lipinski definition) is 3. The zero-order chi connectivity index (χ0) is 18.4. The van der Waals surface area contributed by atoms with Crippen molar-refractivity contribution in [2.24, 2.45) is 0 Å². The Morgan fingerprint density at radius 2 is 1.92 bits per heavy atom. The van der Waals surface area contributed by atoms with Gasteiger partial charge in [-0.25, -0.2) is 4.79 Å². The highest BCUT2D eigenvalue weighted by Crippen LogP contribution is 2.22. The van der Waals surface area contributed by atoms with E-state index in [1.807, 2.05) is 0 Å². The number of ether oxygens (including phenoxy) is 2. The van der Waals surface area contributed by atoms with Crippen LogP contribution in [0.25, 0.3) is 0 Å². The Hall–Kier alpha value is -2.49. The first-order valence-electron chi connectivity index (χ1n) is 7.46. The summed E-state index contributed by atoms with van der Waals surface area (Å²) in [6.07, 6.45) is -5.72. The van der Waals surface area contributed by atoms with Crippen molar-refractivity contribution >= 4 is 12.0 Å². The fourth-order valence-electron chi connectivity index (χ4n) is 2.36. The lowest BCUT2D eigenvalue weighted by Gasteiger charge is -2.28. The van der Waals surface area contributed by atoms with Crippen LogP contribution in [-0.2, 0) is 16.1 Å². The van der Waals surface area contributed by atoms with Gasteiger partial charge in [-0.15, -0.1) is 13.2 Å². The molecule has 2 rings (SSSR count). The third kappa shape index (κ3) is 6.49. The van der Waals surface area contributed by atoms with Gasteiger partial charge in [0.05, 0.1) is 12.6 Å². The van der Waals surface area contributed by atoms with Crippen molar-refractivity contribution in [1.29, 1.82) is 0 Å². The highest BCUT2D eigenvalue weighted by atomic mass is 19.4. The minimum absolute atomic E-state index is 0.105. The minimum Gasteiger partial charge on any atom is -0.465 e. The van der Waals surface area contributed by atoms with Crippen LogP contribution in [0, 0.1) is 0 Å². The van der Waals surface area contributed by atoms with Gasteiger partial charge in [-0.3, -0.25) is 4.79 Å². The lowest BCUT2D eigenvalue weighted by molar-refractivity contribution is -0.274. The Morgan fingerprint density at radius 1 is 1.24 bits per heavy atom. The van der Waals surface area contributed by atoms with Crippen LogP contribution in [0.5, 0.6) is 5.75 Å². The monoisotopic (exact) mass is 362 g/mol. The van der Waals surface area contributed by atoms with Gasteiger partial charge < -0.3 is 25.2 Å². The van der Waals surface area contributed by atoms with Gasteiger partial charge in [0, 0.05) is 6.54 Å². The minimum atomic E-state index is -4.75. The van der Waals surface area contributed by atoms with E-state index in [1.165, 1.54) is 12.1 Å². The second-order valence-electron chi connectivity index (χ2n) is 5.46. The summed E-state index contributed by atoms with van der Waals surface area (Å²) < 4.78 is 45.3. The van der Waals surface area contributed by atoms with Gasteiger partial charge in [0.25, 0.3) is 0 Å². The number of carboxylic acid groups (broad SMARTS) is 1. The molecule has 2 amide bonds. The van der Waals surface area contributed by atoms with E-state index in [0.29, 0.717) is 18.4 Å². The molecule has 3 N–H and O–H groups in total. The summed E-state index contributed by atoms with van der Waals surface area (Å²) in [5, 5.41) is 13.5. The van der Waals surface area contributed by atoms with Gasteiger partial charge in [-0.2, -0.15) is 0 Å². The van der Waals surface area contributed by atoms with Gasteiger partial charge in [0.2, 0.25) is 5.91 Å². The van der Waals surface area contributed by atoms with Crippen LogP contribution in [0.3, 0.4) is 0 Å². The van der Waals surface area contributed by atoms with Crippen LogP contribution in [-0.4, -0.2) is 42.2 Å². The van der Waals surface area contributed by atoms with Crippen molar-refractivity contribution in [3.05, 3.63) is 29.8 Å². The lowest BCUT2D eigenvalue weighted by atomic mass is 10.0. The van der Waals surface area contributed by atoms with E-state index in [1.54, 1.807) is 0 Å². The Kier molecular flexibility index (Phi) is 6.07. The molecule has 1 heterocycles. The van der Waals surface area contributed by atoms with E-state index in [2.05, 4.69) is 15.4 Å². The Bertz CT molecular complexity index is 598. The highest BCUT2D eigenvalue weighted by molar-refractivity contribution is 5.80. The molecule has 0 radical (unpaired) electrons. The maximum absolute atomic E-state index is 12.1. The van der Waals surface area contributed by atoms with E-state index in [0.717, 1.165) is 12.1 Å². The highest BCUT2D eigenvalue weighted by Gasteiger charge is 2.31. The van der Waals surface area contributed by atoms with Crippen LogP contribution < -0.4 is 15.4 Å². The standard InChI is InChI=1S/C15H17F3N2O5/c16-15(17,18)25-11-4-1-9(2-5-11)7-19-13(21)12-6-3-10(8-24-12)20-14(22)23/h1-2,4-5,10,12,20H,3,6-8H2,(H,19,21)(H,22,23)/t10-,12+/m1/s1. The lowest BCUT2D eigenvalue weighted by Crippen LogP contribution is -2.46. The Balaban J connectivity index is 1.76. The first-order valence-corrected chi connectivity index (χ1v) is 7.46. The number of halogens is 3. The molecular weight excluding hydrogens is 345 g/mol. The van der Waals surface area contributed by atoms with Crippen molar-refractivity contribution in [2.75, 3.05) is 6.61 Å². The van der Waals surface area contributed by atoms with E-state index >= 15 is 0 Å².